The van der Waals surface area contributed by atoms with Gasteiger partial charge in [-0.25, -0.2) is 4.99 Å². The van der Waals surface area contributed by atoms with Gasteiger partial charge in [0.25, 0.3) is 0 Å². The largest absolute Gasteiger partial charge is 0.360 e. The minimum absolute atomic E-state index is 0.415. The molecule has 0 atom stereocenters. The predicted molar refractivity (Wildman–Crippen MR) is 80.6 cm³/mol. The minimum atomic E-state index is 0.415. The van der Waals surface area contributed by atoms with Crippen LogP contribution in [-0.2, 0) is 6.42 Å². The Morgan fingerprint density at radius 3 is 2.76 bits per heavy atom. The number of nitriles is 1. The summed E-state index contributed by atoms with van der Waals surface area (Å²) in [6, 6.07) is 15.9. The van der Waals surface area contributed by atoms with Gasteiger partial charge in [0.1, 0.15) is 11.6 Å². The van der Waals surface area contributed by atoms with Crippen molar-refractivity contribution >= 4 is 12.0 Å². The highest BCUT2D eigenvalue weighted by Crippen LogP contribution is 2.20. The lowest BCUT2D eigenvalue weighted by Crippen LogP contribution is -1.91. The van der Waals surface area contributed by atoms with Gasteiger partial charge in [-0.3, -0.25) is 5.10 Å². The monoisotopic (exact) mass is 275 g/mol. The van der Waals surface area contributed by atoms with Crippen LogP contribution in [0.25, 0.3) is 0 Å². The first-order valence-electron chi connectivity index (χ1n) is 6.55. The van der Waals surface area contributed by atoms with Crippen LogP contribution >= 0.6 is 0 Å². The van der Waals surface area contributed by atoms with Gasteiger partial charge in [-0.2, -0.15) is 10.4 Å². The molecule has 2 N–H and O–H groups in total. The number of hydrogen-bond acceptors (Lipinski definition) is 3. The molecule has 2 aromatic heterocycles. The quantitative estimate of drug-likeness (QED) is 0.718. The summed E-state index contributed by atoms with van der Waals surface area (Å²) in [5, 5.41) is 16.4. The number of aliphatic imine (C=N–C) groups is 1. The van der Waals surface area contributed by atoms with E-state index in [0.29, 0.717) is 17.8 Å². The number of nitrogens with one attached hydrogen (secondary N) is 2. The summed E-state index contributed by atoms with van der Waals surface area (Å²) in [6.07, 6.45) is 4.11. The van der Waals surface area contributed by atoms with Crippen LogP contribution in [0.1, 0.15) is 22.5 Å². The molecule has 0 unspecified atom stereocenters. The third-order valence-corrected chi connectivity index (χ3v) is 3.11. The molecule has 1 aromatic carbocycles. The molecule has 5 heteroatoms. The second-order valence-electron chi connectivity index (χ2n) is 4.56. The summed E-state index contributed by atoms with van der Waals surface area (Å²) in [6.45, 7) is 0. The van der Waals surface area contributed by atoms with Crippen LogP contribution in [0.15, 0.2) is 53.7 Å². The molecular weight excluding hydrogens is 262 g/mol. The fourth-order valence-electron chi connectivity index (χ4n) is 2.06. The average Bonchev–Trinajstić information content (AvgIpc) is 3.15. The Kier molecular flexibility index (Phi) is 3.61. The van der Waals surface area contributed by atoms with Gasteiger partial charge < -0.3 is 4.98 Å². The van der Waals surface area contributed by atoms with Crippen molar-refractivity contribution in [3.05, 3.63) is 71.2 Å². The van der Waals surface area contributed by atoms with Crippen molar-refractivity contribution < 1.29 is 0 Å². The molecule has 21 heavy (non-hydrogen) atoms. The van der Waals surface area contributed by atoms with Crippen molar-refractivity contribution in [1.82, 2.24) is 15.2 Å². The van der Waals surface area contributed by atoms with E-state index in [9.17, 15) is 5.26 Å². The van der Waals surface area contributed by atoms with Gasteiger partial charge in [0.15, 0.2) is 5.82 Å². The molecule has 0 bridgehead atoms. The van der Waals surface area contributed by atoms with Crippen molar-refractivity contribution in [3.63, 3.8) is 0 Å². The Labute approximate surface area is 122 Å². The topological polar surface area (TPSA) is 80.6 Å². The summed E-state index contributed by atoms with van der Waals surface area (Å²) >= 11 is 0. The van der Waals surface area contributed by atoms with E-state index < -0.39 is 0 Å². The molecule has 0 aliphatic carbocycles. The van der Waals surface area contributed by atoms with E-state index in [1.807, 2.05) is 48.7 Å². The van der Waals surface area contributed by atoms with Crippen molar-refractivity contribution in [2.24, 2.45) is 4.99 Å². The van der Waals surface area contributed by atoms with Gasteiger partial charge >= 0.3 is 0 Å². The molecule has 0 amide bonds. The third-order valence-electron chi connectivity index (χ3n) is 3.11. The van der Waals surface area contributed by atoms with Crippen LogP contribution in [-0.4, -0.2) is 21.4 Å². The first-order chi connectivity index (χ1) is 10.4. The van der Waals surface area contributed by atoms with Crippen LogP contribution in [0.5, 0.6) is 0 Å². The number of H-pyrrole nitrogens is 2. The SMILES string of the molecule is N#Cc1c(N=Cc2ccc[nH]2)n[nH]c1Cc1ccccc1. The van der Waals surface area contributed by atoms with Crippen LogP contribution in [0.3, 0.4) is 0 Å². The lowest BCUT2D eigenvalue weighted by atomic mass is 10.1. The van der Waals surface area contributed by atoms with Gasteiger partial charge in [0.05, 0.1) is 17.6 Å². The maximum absolute atomic E-state index is 9.33. The standard InChI is InChI=1S/C16H13N5/c17-10-14-15(9-12-5-2-1-3-6-12)20-21-16(14)19-11-13-7-4-8-18-13/h1-8,11,18H,9H2,(H,20,21). The van der Waals surface area contributed by atoms with Gasteiger partial charge in [-0.15, -0.1) is 0 Å². The highest BCUT2D eigenvalue weighted by Gasteiger charge is 2.12. The number of nitrogens with zero attached hydrogens (tertiary/aromatic N) is 3. The third kappa shape index (κ3) is 2.90. The van der Waals surface area contributed by atoms with Crippen LogP contribution < -0.4 is 0 Å². The van der Waals surface area contributed by atoms with Crippen molar-refractivity contribution in [2.45, 2.75) is 6.42 Å². The van der Waals surface area contributed by atoms with Gasteiger partial charge in [-0.1, -0.05) is 30.3 Å². The molecule has 0 fully saturated rings. The van der Waals surface area contributed by atoms with E-state index in [1.54, 1.807) is 6.21 Å². The first-order valence-corrected chi connectivity index (χ1v) is 6.55. The number of rotatable bonds is 4. The van der Waals surface area contributed by atoms with E-state index >= 15 is 0 Å². The summed E-state index contributed by atoms with van der Waals surface area (Å²) in [5.41, 5.74) is 3.26. The molecule has 102 valence electrons. The zero-order valence-corrected chi connectivity index (χ0v) is 11.2. The Bertz CT molecular complexity index is 776. The second kappa shape index (κ2) is 5.88. The zero-order chi connectivity index (χ0) is 14.5. The molecule has 0 saturated heterocycles. The first kappa shape index (κ1) is 12.9. The number of benzene rings is 1. The zero-order valence-electron chi connectivity index (χ0n) is 11.2. The molecular formula is C16H13N5. The van der Waals surface area contributed by atoms with Crippen molar-refractivity contribution in [3.8, 4) is 6.07 Å². The summed E-state index contributed by atoms with van der Waals surface area (Å²) < 4.78 is 0. The number of aromatic amines is 2. The Morgan fingerprint density at radius 2 is 2.05 bits per heavy atom. The van der Waals surface area contributed by atoms with Gasteiger partial charge in [0.2, 0.25) is 0 Å². The van der Waals surface area contributed by atoms with Crippen molar-refractivity contribution in [2.75, 3.05) is 0 Å². The Hall–Kier alpha value is -3.13. The predicted octanol–water partition coefficient (Wildman–Crippen LogP) is 2.95. The second-order valence-corrected chi connectivity index (χ2v) is 4.56. The van der Waals surface area contributed by atoms with E-state index in [1.165, 1.54) is 0 Å². The Balaban J connectivity index is 1.86. The van der Waals surface area contributed by atoms with Crippen molar-refractivity contribution in [1.29, 1.82) is 5.26 Å². The summed E-state index contributed by atoms with van der Waals surface area (Å²) in [5.74, 6) is 0.415. The van der Waals surface area contributed by atoms with Gasteiger partial charge in [0, 0.05) is 12.6 Å². The van der Waals surface area contributed by atoms with Gasteiger partial charge in [-0.05, 0) is 17.7 Å². The lowest BCUT2D eigenvalue weighted by Gasteiger charge is -1.98. The molecule has 0 aliphatic rings. The van der Waals surface area contributed by atoms with E-state index in [-0.39, 0.29) is 0 Å². The number of aromatic nitrogens is 3. The molecule has 0 spiro atoms. The molecule has 5 nitrogen and oxygen atoms in total. The fraction of sp³-hybridized carbons (Fsp3) is 0.0625. The number of hydrogen-bond donors (Lipinski definition) is 2. The highest BCUT2D eigenvalue weighted by atomic mass is 15.2. The van der Waals surface area contributed by atoms with Crippen LogP contribution in [0, 0.1) is 11.3 Å². The minimum Gasteiger partial charge on any atom is -0.360 e. The maximum Gasteiger partial charge on any atom is 0.191 e. The lowest BCUT2D eigenvalue weighted by molar-refractivity contribution is 0.993. The normalized spacial score (nSPS) is 10.8. The molecule has 2 heterocycles. The molecule has 3 aromatic rings. The molecule has 0 radical (unpaired) electrons. The summed E-state index contributed by atoms with van der Waals surface area (Å²) in [7, 11) is 0. The van der Waals surface area contributed by atoms with E-state index in [2.05, 4.69) is 26.2 Å². The maximum atomic E-state index is 9.33. The fourth-order valence-corrected chi connectivity index (χ4v) is 2.06. The summed E-state index contributed by atoms with van der Waals surface area (Å²) in [4.78, 5) is 7.28. The van der Waals surface area contributed by atoms with Crippen LogP contribution in [0.4, 0.5) is 5.82 Å². The highest BCUT2D eigenvalue weighted by molar-refractivity contribution is 5.80. The van der Waals surface area contributed by atoms with Crippen LogP contribution in [0.2, 0.25) is 0 Å². The van der Waals surface area contributed by atoms with E-state index in [0.717, 1.165) is 17.0 Å². The Morgan fingerprint density at radius 1 is 1.19 bits per heavy atom. The molecule has 3 rings (SSSR count). The average molecular weight is 275 g/mol. The molecule has 0 saturated carbocycles. The van der Waals surface area contributed by atoms with E-state index in [4.69, 9.17) is 0 Å². The smallest absolute Gasteiger partial charge is 0.191 e. The molecule has 0 aliphatic heterocycles.